The Bertz CT molecular complexity index is 307. The number of rotatable bonds is 5. The molecule has 0 bridgehead atoms. The zero-order chi connectivity index (χ0) is 14.6. The van der Waals surface area contributed by atoms with Crippen molar-refractivity contribution in [1.82, 2.24) is 4.90 Å². The van der Waals surface area contributed by atoms with E-state index in [1.807, 2.05) is 13.8 Å². The maximum absolute atomic E-state index is 12.8. The third kappa shape index (κ3) is 4.67. The van der Waals surface area contributed by atoms with Crippen molar-refractivity contribution in [3.8, 4) is 0 Å². The molecule has 1 fully saturated rings. The summed E-state index contributed by atoms with van der Waals surface area (Å²) in [5, 5.41) is 8.92. The number of aliphatic carboxylic acids is 1. The molecule has 112 valence electrons. The monoisotopic (exact) mass is 281 g/mol. The molecule has 1 aliphatic rings. The molecule has 0 aliphatic heterocycles. The van der Waals surface area contributed by atoms with Gasteiger partial charge < -0.3 is 5.11 Å². The minimum absolute atomic E-state index is 0.00640. The minimum Gasteiger partial charge on any atom is -0.480 e. The van der Waals surface area contributed by atoms with Gasteiger partial charge in [0.1, 0.15) is 0 Å². The van der Waals surface area contributed by atoms with Crippen LogP contribution in [0.25, 0.3) is 0 Å². The van der Waals surface area contributed by atoms with Crippen LogP contribution < -0.4 is 0 Å². The first kappa shape index (κ1) is 16.3. The second kappa shape index (κ2) is 6.59. The molecular weight excluding hydrogens is 259 g/mol. The van der Waals surface area contributed by atoms with E-state index in [4.69, 9.17) is 5.11 Å². The summed E-state index contributed by atoms with van der Waals surface area (Å²) in [6, 6.07) is -0.278. The molecule has 1 aliphatic carbocycles. The second-order valence-electron chi connectivity index (χ2n) is 5.38. The summed E-state index contributed by atoms with van der Waals surface area (Å²) >= 11 is 0. The fourth-order valence-corrected chi connectivity index (χ4v) is 2.80. The summed E-state index contributed by atoms with van der Waals surface area (Å²) in [5.41, 5.74) is 0. The minimum atomic E-state index is -4.16. The molecule has 0 aromatic carbocycles. The quantitative estimate of drug-likeness (QED) is 0.840. The lowest BCUT2D eigenvalue weighted by Gasteiger charge is -2.40. The Labute approximate surface area is 111 Å². The van der Waals surface area contributed by atoms with Gasteiger partial charge in [-0.15, -0.1) is 0 Å². The van der Waals surface area contributed by atoms with E-state index in [2.05, 4.69) is 0 Å². The van der Waals surface area contributed by atoms with Gasteiger partial charge in [0, 0.05) is 12.1 Å². The lowest BCUT2D eigenvalue weighted by molar-refractivity contribution is -0.187. The van der Waals surface area contributed by atoms with Crippen LogP contribution in [0.3, 0.4) is 0 Å². The number of hydrogen-bond donors (Lipinski definition) is 1. The maximum atomic E-state index is 12.8. The van der Waals surface area contributed by atoms with Crippen molar-refractivity contribution in [2.75, 3.05) is 6.54 Å². The Morgan fingerprint density at radius 1 is 1.42 bits per heavy atom. The van der Waals surface area contributed by atoms with E-state index in [-0.39, 0.29) is 31.5 Å². The van der Waals surface area contributed by atoms with Crippen molar-refractivity contribution in [3.63, 3.8) is 0 Å². The average molecular weight is 281 g/mol. The number of nitrogens with zero attached hydrogens (tertiary/aromatic N) is 1. The van der Waals surface area contributed by atoms with E-state index in [0.29, 0.717) is 12.8 Å². The van der Waals surface area contributed by atoms with Crippen molar-refractivity contribution >= 4 is 5.97 Å². The highest BCUT2D eigenvalue weighted by Gasteiger charge is 2.43. The molecule has 1 rings (SSSR count). The summed E-state index contributed by atoms with van der Waals surface area (Å²) in [7, 11) is 0. The molecule has 0 aromatic rings. The number of halogens is 3. The third-order valence-electron chi connectivity index (χ3n) is 4.05. The van der Waals surface area contributed by atoms with Crippen molar-refractivity contribution in [1.29, 1.82) is 0 Å². The zero-order valence-electron chi connectivity index (χ0n) is 11.4. The molecule has 0 spiro atoms. The molecule has 0 heterocycles. The summed E-state index contributed by atoms with van der Waals surface area (Å²) in [5.74, 6) is -2.26. The largest absolute Gasteiger partial charge is 0.480 e. The Hall–Kier alpha value is -0.780. The standard InChI is InChI=1S/C13H22F3NO2/c1-3-9(2)17(8-12(18)19)11-6-4-5-10(7-11)13(14,15)16/h9-11H,3-8H2,1-2H3,(H,18,19). The SMILES string of the molecule is CCC(C)N(CC(=O)O)C1CCCC(C(F)(F)F)C1. The number of alkyl halides is 3. The van der Waals surface area contributed by atoms with Crippen LogP contribution in [0.5, 0.6) is 0 Å². The van der Waals surface area contributed by atoms with E-state index in [9.17, 15) is 18.0 Å². The highest BCUT2D eigenvalue weighted by atomic mass is 19.4. The van der Waals surface area contributed by atoms with Crippen LogP contribution in [0.4, 0.5) is 13.2 Å². The lowest BCUT2D eigenvalue weighted by atomic mass is 9.84. The Kier molecular flexibility index (Phi) is 5.64. The van der Waals surface area contributed by atoms with E-state index >= 15 is 0 Å². The van der Waals surface area contributed by atoms with Gasteiger partial charge in [0.2, 0.25) is 0 Å². The van der Waals surface area contributed by atoms with Crippen LogP contribution in [0.15, 0.2) is 0 Å². The second-order valence-corrected chi connectivity index (χ2v) is 5.38. The first-order valence-electron chi connectivity index (χ1n) is 6.80. The van der Waals surface area contributed by atoms with Gasteiger partial charge in [0.15, 0.2) is 0 Å². The Morgan fingerprint density at radius 2 is 2.05 bits per heavy atom. The fourth-order valence-electron chi connectivity index (χ4n) is 2.80. The van der Waals surface area contributed by atoms with Crippen LogP contribution in [0.1, 0.15) is 46.0 Å². The molecule has 1 N–H and O–H groups in total. The highest BCUT2D eigenvalue weighted by Crippen LogP contribution is 2.39. The van der Waals surface area contributed by atoms with Gasteiger partial charge in [-0.3, -0.25) is 9.69 Å². The van der Waals surface area contributed by atoms with Crippen molar-refractivity contribution < 1.29 is 23.1 Å². The number of carboxylic acid groups (broad SMARTS) is 1. The summed E-state index contributed by atoms with van der Waals surface area (Å²) < 4.78 is 38.4. The summed E-state index contributed by atoms with van der Waals surface area (Å²) in [6.45, 7) is 3.62. The van der Waals surface area contributed by atoms with Gasteiger partial charge >= 0.3 is 12.1 Å². The fraction of sp³-hybridized carbons (Fsp3) is 0.923. The van der Waals surface area contributed by atoms with Gasteiger partial charge in [0.25, 0.3) is 0 Å². The number of carbonyl (C=O) groups is 1. The maximum Gasteiger partial charge on any atom is 0.391 e. The molecule has 0 aromatic heterocycles. The third-order valence-corrected chi connectivity index (χ3v) is 4.05. The normalized spacial score (nSPS) is 26.4. The van der Waals surface area contributed by atoms with Gasteiger partial charge in [-0.05, 0) is 32.6 Å². The first-order valence-corrected chi connectivity index (χ1v) is 6.80. The number of carboxylic acids is 1. The lowest BCUT2D eigenvalue weighted by Crippen LogP contribution is -2.48. The molecule has 0 amide bonds. The molecule has 3 atom stereocenters. The predicted molar refractivity (Wildman–Crippen MR) is 65.9 cm³/mol. The van der Waals surface area contributed by atoms with E-state index in [1.165, 1.54) is 0 Å². The van der Waals surface area contributed by atoms with Crippen LogP contribution >= 0.6 is 0 Å². The molecule has 3 nitrogen and oxygen atoms in total. The summed E-state index contributed by atoms with van der Waals surface area (Å²) in [6.07, 6.45) is -2.06. The van der Waals surface area contributed by atoms with Gasteiger partial charge in [-0.2, -0.15) is 13.2 Å². The Morgan fingerprint density at radius 3 is 2.53 bits per heavy atom. The van der Waals surface area contributed by atoms with Crippen LogP contribution in [-0.2, 0) is 4.79 Å². The molecular formula is C13H22F3NO2. The van der Waals surface area contributed by atoms with E-state index in [0.717, 1.165) is 6.42 Å². The van der Waals surface area contributed by atoms with Gasteiger partial charge in [-0.1, -0.05) is 13.3 Å². The number of hydrogen-bond acceptors (Lipinski definition) is 2. The summed E-state index contributed by atoms with van der Waals surface area (Å²) in [4.78, 5) is 12.6. The molecule has 19 heavy (non-hydrogen) atoms. The smallest absolute Gasteiger partial charge is 0.391 e. The van der Waals surface area contributed by atoms with E-state index in [1.54, 1.807) is 4.90 Å². The zero-order valence-corrected chi connectivity index (χ0v) is 11.4. The predicted octanol–water partition coefficient (Wildman–Crippen LogP) is 3.29. The molecule has 1 saturated carbocycles. The van der Waals surface area contributed by atoms with Gasteiger partial charge in [-0.25, -0.2) is 0 Å². The van der Waals surface area contributed by atoms with Crippen LogP contribution in [-0.4, -0.2) is 40.8 Å². The average Bonchev–Trinajstić information content (AvgIpc) is 2.34. The highest BCUT2D eigenvalue weighted by molar-refractivity contribution is 5.69. The Balaban J connectivity index is 2.75. The van der Waals surface area contributed by atoms with Gasteiger partial charge in [0.05, 0.1) is 12.5 Å². The van der Waals surface area contributed by atoms with Crippen LogP contribution in [0, 0.1) is 5.92 Å². The molecule has 6 heteroatoms. The molecule has 3 unspecified atom stereocenters. The molecule has 0 saturated heterocycles. The first-order chi connectivity index (χ1) is 8.75. The van der Waals surface area contributed by atoms with Crippen molar-refractivity contribution in [2.45, 2.75) is 64.2 Å². The van der Waals surface area contributed by atoms with Crippen LogP contribution in [0.2, 0.25) is 0 Å². The topological polar surface area (TPSA) is 40.5 Å². The van der Waals surface area contributed by atoms with E-state index < -0.39 is 18.1 Å². The van der Waals surface area contributed by atoms with Crippen molar-refractivity contribution in [2.24, 2.45) is 5.92 Å². The molecule has 0 radical (unpaired) electrons. The van der Waals surface area contributed by atoms with Crippen molar-refractivity contribution in [3.05, 3.63) is 0 Å².